The number of nitrogens with one attached hydrogen (secondary N) is 1. The molecule has 1 saturated heterocycles. The van der Waals surface area contributed by atoms with Crippen LogP contribution in [0.2, 0.25) is 0 Å². The summed E-state index contributed by atoms with van der Waals surface area (Å²) in [6.07, 6.45) is 6.57. The van der Waals surface area contributed by atoms with Gasteiger partial charge in [0.15, 0.2) is 0 Å². The third-order valence-corrected chi connectivity index (χ3v) is 6.37. The van der Waals surface area contributed by atoms with Gasteiger partial charge >= 0.3 is 0 Å². The number of ether oxygens (including phenoxy) is 1. The van der Waals surface area contributed by atoms with Crippen LogP contribution in [0, 0.1) is 5.92 Å². The van der Waals surface area contributed by atoms with Gasteiger partial charge in [0.2, 0.25) is 0 Å². The fraction of sp³-hybridized carbons (Fsp3) is 0.619. The second kappa shape index (κ2) is 6.44. The van der Waals surface area contributed by atoms with Gasteiger partial charge in [-0.1, -0.05) is 19.8 Å². The van der Waals surface area contributed by atoms with Crippen molar-refractivity contribution in [3.05, 3.63) is 29.5 Å². The first kappa shape index (κ1) is 16.0. The van der Waals surface area contributed by atoms with Crippen molar-refractivity contribution in [1.29, 1.82) is 0 Å². The number of hydrogen-bond acceptors (Lipinski definition) is 2. The molecule has 1 N–H and O–H groups in total. The molecular formula is C21H30N2O. The van der Waals surface area contributed by atoms with Crippen LogP contribution in [0.5, 0.6) is 5.75 Å². The Morgan fingerprint density at radius 2 is 2.21 bits per heavy atom. The van der Waals surface area contributed by atoms with Crippen LogP contribution in [-0.2, 0) is 6.42 Å². The summed E-state index contributed by atoms with van der Waals surface area (Å²) in [6, 6.07) is 7.12. The number of fused-ring (bicyclic) bond motifs is 6. The van der Waals surface area contributed by atoms with E-state index in [0.717, 1.165) is 18.1 Å². The van der Waals surface area contributed by atoms with Gasteiger partial charge in [0.05, 0.1) is 7.11 Å². The molecule has 3 unspecified atom stereocenters. The van der Waals surface area contributed by atoms with Crippen LogP contribution in [0.1, 0.15) is 56.7 Å². The second-order valence-electron chi connectivity index (χ2n) is 7.76. The number of rotatable bonds is 4. The molecule has 3 heterocycles. The molecule has 0 spiro atoms. The van der Waals surface area contributed by atoms with Crippen molar-refractivity contribution in [1.82, 2.24) is 9.88 Å². The third-order valence-electron chi connectivity index (χ3n) is 6.37. The molecule has 1 fully saturated rings. The van der Waals surface area contributed by atoms with Crippen molar-refractivity contribution in [2.45, 2.75) is 57.9 Å². The minimum atomic E-state index is 0.650. The summed E-state index contributed by atoms with van der Waals surface area (Å²) in [6.45, 7) is 7.23. The van der Waals surface area contributed by atoms with E-state index in [4.69, 9.17) is 4.74 Å². The number of aromatic amines is 1. The van der Waals surface area contributed by atoms with Gasteiger partial charge < -0.3 is 9.72 Å². The predicted octanol–water partition coefficient (Wildman–Crippen LogP) is 4.72. The summed E-state index contributed by atoms with van der Waals surface area (Å²) in [5, 5.41) is 1.37. The van der Waals surface area contributed by atoms with Crippen LogP contribution >= 0.6 is 0 Å². The highest BCUT2D eigenvalue weighted by Crippen LogP contribution is 2.42. The quantitative estimate of drug-likeness (QED) is 0.881. The Kier molecular flexibility index (Phi) is 4.29. The van der Waals surface area contributed by atoms with Crippen molar-refractivity contribution in [2.75, 3.05) is 20.2 Å². The maximum atomic E-state index is 5.46. The number of H-pyrrole nitrogens is 1. The molecule has 2 aliphatic heterocycles. The Labute approximate surface area is 145 Å². The van der Waals surface area contributed by atoms with E-state index in [2.05, 4.69) is 41.9 Å². The van der Waals surface area contributed by atoms with Crippen LogP contribution < -0.4 is 4.74 Å². The molecule has 130 valence electrons. The lowest BCUT2D eigenvalue weighted by atomic mass is 9.80. The normalized spacial score (nSPS) is 29.3. The van der Waals surface area contributed by atoms with E-state index in [-0.39, 0.29) is 0 Å². The van der Waals surface area contributed by atoms with Crippen LogP contribution in [0.3, 0.4) is 0 Å². The molecule has 4 atom stereocenters. The van der Waals surface area contributed by atoms with E-state index in [1.54, 1.807) is 12.7 Å². The van der Waals surface area contributed by atoms with E-state index in [1.165, 1.54) is 55.4 Å². The Bertz CT molecular complexity index is 720. The van der Waals surface area contributed by atoms with E-state index in [9.17, 15) is 0 Å². The van der Waals surface area contributed by atoms with Gasteiger partial charge in [-0.15, -0.1) is 0 Å². The van der Waals surface area contributed by atoms with Crippen molar-refractivity contribution in [3.63, 3.8) is 0 Å². The molecule has 2 aromatic rings. The van der Waals surface area contributed by atoms with Crippen LogP contribution in [-0.4, -0.2) is 36.1 Å². The maximum absolute atomic E-state index is 5.46. The van der Waals surface area contributed by atoms with Crippen LogP contribution in [0.4, 0.5) is 0 Å². The molecule has 0 saturated carbocycles. The summed E-state index contributed by atoms with van der Waals surface area (Å²) >= 11 is 0. The van der Waals surface area contributed by atoms with Gasteiger partial charge in [0.1, 0.15) is 5.75 Å². The minimum Gasteiger partial charge on any atom is -0.497 e. The van der Waals surface area contributed by atoms with Crippen LogP contribution in [0.25, 0.3) is 10.9 Å². The Balaban J connectivity index is 1.73. The molecule has 2 bridgehead atoms. The van der Waals surface area contributed by atoms with E-state index in [1.807, 2.05) is 0 Å². The topological polar surface area (TPSA) is 28.3 Å². The molecule has 1 aromatic carbocycles. The van der Waals surface area contributed by atoms with Gasteiger partial charge in [0.25, 0.3) is 0 Å². The SMILES string of the molecule is CCCC[C@H]1CC2c3[nH]c4ccc(OC)cc4c3CCN(C1)C2C. The van der Waals surface area contributed by atoms with Crippen molar-refractivity contribution >= 4 is 10.9 Å². The van der Waals surface area contributed by atoms with Gasteiger partial charge in [-0.25, -0.2) is 0 Å². The number of methoxy groups -OCH3 is 1. The molecule has 24 heavy (non-hydrogen) atoms. The first-order valence-electron chi connectivity index (χ1n) is 9.63. The minimum absolute atomic E-state index is 0.650. The van der Waals surface area contributed by atoms with E-state index < -0.39 is 0 Å². The molecule has 1 aromatic heterocycles. The van der Waals surface area contributed by atoms with Gasteiger partial charge in [0, 0.05) is 41.6 Å². The summed E-state index contributed by atoms with van der Waals surface area (Å²) in [4.78, 5) is 6.53. The van der Waals surface area contributed by atoms with Gasteiger partial charge in [-0.3, -0.25) is 4.90 Å². The van der Waals surface area contributed by atoms with Crippen molar-refractivity contribution in [2.24, 2.45) is 5.92 Å². The zero-order valence-corrected chi connectivity index (χ0v) is 15.3. The number of piperidine rings is 1. The summed E-state index contributed by atoms with van der Waals surface area (Å²) in [7, 11) is 1.76. The fourth-order valence-electron chi connectivity index (χ4n) is 4.95. The van der Waals surface area contributed by atoms with Crippen LogP contribution in [0.15, 0.2) is 18.2 Å². The lowest BCUT2D eigenvalue weighted by Crippen LogP contribution is -2.45. The number of aromatic nitrogens is 1. The van der Waals surface area contributed by atoms with E-state index >= 15 is 0 Å². The largest absolute Gasteiger partial charge is 0.497 e. The Morgan fingerprint density at radius 1 is 1.33 bits per heavy atom. The number of hydrogen-bond donors (Lipinski definition) is 1. The summed E-state index contributed by atoms with van der Waals surface area (Å²) < 4.78 is 5.46. The van der Waals surface area contributed by atoms with Gasteiger partial charge in [-0.05, 0) is 55.9 Å². The first-order valence-corrected chi connectivity index (χ1v) is 9.63. The zero-order chi connectivity index (χ0) is 16.7. The first-order chi connectivity index (χ1) is 11.7. The molecule has 0 radical (unpaired) electrons. The summed E-state index contributed by atoms with van der Waals surface area (Å²) in [5.74, 6) is 2.47. The second-order valence-corrected chi connectivity index (χ2v) is 7.76. The number of nitrogens with zero attached hydrogens (tertiary/aromatic N) is 1. The fourth-order valence-corrected chi connectivity index (χ4v) is 4.95. The standard InChI is InChI=1S/C21H30N2O/c1-4-5-6-15-11-18-14(2)23(13-15)10-9-17-19-12-16(24-3)7-8-20(19)22-21(17)18/h7-8,12,14-15,18,22H,4-6,9-11,13H2,1-3H3/t14?,15-,18?/m0/s1. The lowest BCUT2D eigenvalue weighted by molar-refractivity contribution is 0.0984. The highest BCUT2D eigenvalue weighted by Gasteiger charge is 2.38. The Morgan fingerprint density at radius 3 is 3.00 bits per heavy atom. The molecule has 3 nitrogen and oxygen atoms in total. The average Bonchev–Trinajstić information content (AvgIpc) is 2.94. The molecular weight excluding hydrogens is 296 g/mol. The maximum Gasteiger partial charge on any atom is 0.119 e. The highest BCUT2D eigenvalue weighted by molar-refractivity contribution is 5.86. The molecule has 2 aliphatic rings. The predicted molar refractivity (Wildman–Crippen MR) is 100.0 cm³/mol. The highest BCUT2D eigenvalue weighted by atomic mass is 16.5. The van der Waals surface area contributed by atoms with Crippen molar-refractivity contribution in [3.8, 4) is 5.75 Å². The lowest BCUT2D eigenvalue weighted by Gasteiger charge is -2.42. The summed E-state index contributed by atoms with van der Waals surface area (Å²) in [5.41, 5.74) is 4.32. The molecule has 0 amide bonds. The van der Waals surface area contributed by atoms with E-state index in [0.29, 0.717) is 12.0 Å². The van der Waals surface area contributed by atoms with Crippen molar-refractivity contribution < 1.29 is 4.74 Å². The zero-order valence-electron chi connectivity index (χ0n) is 15.3. The monoisotopic (exact) mass is 326 g/mol. The molecule has 4 rings (SSSR count). The third kappa shape index (κ3) is 2.63. The molecule has 0 aliphatic carbocycles. The molecule has 3 heteroatoms. The number of benzene rings is 1. The smallest absolute Gasteiger partial charge is 0.119 e. The van der Waals surface area contributed by atoms with Gasteiger partial charge in [-0.2, -0.15) is 0 Å². The Hall–Kier alpha value is -1.48. The average molecular weight is 326 g/mol. The number of unbranched alkanes of at least 4 members (excludes halogenated alkanes) is 1.